The monoisotopic (exact) mass is 321 g/mol. The fourth-order valence-electron chi connectivity index (χ4n) is 2.21. The average Bonchev–Trinajstić information content (AvgIpc) is 2.54. The first kappa shape index (κ1) is 16.5. The van der Waals surface area contributed by atoms with E-state index in [-0.39, 0.29) is 18.2 Å². The van der Waals surface area contributed by atoms with Crippen molar-refractivity contribution in [3.63, 3.8) is 0 Å². The molecule has 2 aromatic rings. The molecule has 2 N–H and O–H groups in total. The van der Waals surface area contributed by atoms with E-state index in [2.05, 4.69) is 5.32 Å². The highest BCUT2D eigenvalue weighted by Crippen LogP contribution is 2.20. The van der Waals surface area contributed by atoms with Crippen LogP contribution >= 0.6 is 11.6 Å². The Morgan fingerprint density at radius 1 is 1.23 bits per heavy atom. The van der Waals surface area contributed by atoms with E-state index in [0.717, 1.165) is 5.56 Å². The van der Waals surface area contributed by atoms with Gasteiger partial charge in [-0.3, -0.25) is 4.79 Å². The molecular formula is C17H17ClFNO2. The van der Waals surface area contributed by atoms with Crippen LogP contribution in [0, 0.1) is 5.82 Å². The topological polar surface area (TPSA) is 49.3 Å². The van der Waals surface area contributed by atoms with Crippen molar-refractivity contribution in [3.8, 4) is 0 Å². The van der Waals surface area contributed by atoms with Crippen molar-refractivity contribution < 1.29 is 14.3 Å². The van der Waals surface area contributed by atoms with E-state index < -0.39 is 11.7 Å². The van der Waals surface area contributed by atoms with Gasteiger partial charge in [-0.1, -0.05) is 41.9 Å². The maximum absolute atomic E-state index is 13.8. The van der Waals surface area contributed by atoms with Gasteiger partial charge < -0.3 is 10.4 Å². The second-order valence-corrected chi connectivity index (χ2v) is 5.36. The Morgan fingerprint density at radius 3 is 2.64 bits per heavy atom. The fraction of sp³-hybridized carbons (Fsp3) is 0.235. The quantitative estimate of drug-likeness (QED) is 0.852. The van der Waals surface area contributed by atoms with Gasteiger partial charge in [-0.05, 0) is 36.6 Å². The van der Waals surface area contributed by atoms with Gasteiger partial charge >= 0.3 is 0 Å². The normalized spacial score (nSPS) is 12.0. The van der Waals surface area contributed by atoms with Gasteiger partial charge in [-0.25, -0.2) is 4.39 Å². The average molecular weight is 322 g/mol. The van der Waals surface area contributed by atoms with Crippen LogP contribution in [0.25, 0.3) is 0 Å². The molecule has 22 heavy (non-hydrogen) atoms. The number of amides is 1. The van der Waals surface area contributed by atoms with Gasteiger partial charge in [0.1, 0.15) is 5.82 Å². The molecule has 3 nitrogen and oxygen atoms in total. The summed E-state index contributed by atoms with van der Waals surface area (Å²) >= 11 is 5.82. The lowest BCUT2D eigenvalue weighted by Gasteiger charge is -2.19. The third-order valence-electron chi connectivity index (χ3n) is 3.33. The number of benzene rings is 2. The highest BCUT2D eigenvalue weighted by atomic mass is 35.5. The van der Waals surface area contributed by atoms with Crippen LogP contribution in [0.1, 0.15) is 34.8 Å². The van der Waals surface area contributed by atoms with E-state index in [0.29, 0.717) is 17.9 Å². The molecule has 0 aliphatic rings. The standard InChI is InChI=1S/C17H17ClFNO2/c18-13-8-9-15(19)14(11-13)17(22)20-16(7-4-10-21)12-5-2-1-3-6-12/h1-3,5-6,8-9,11,16,21H,4,7,10H2,(H,20,22). The van der Waals surface area contributed by atoms with E-state index in [4.69, 9.17) is 16.7 Å². The van der Waals surface area contributed by atoms with Gasteiger partial charge in [-0.15, -0.1) is 0 Å². The largest absolute Gasteiger partial charge is 0.396 e. The summed E-state index contributed by atoms with van der Waals surface area (Å²) in [5, 5.41) is 12.1. The minimum atomic E-state index is -0.615. The zero-order valence-corrected chi connectivity index (χ0v) is 12.7. The summed E-state index contributed by atoms with van der Waals surface area (Å²) in [6, 6.07) is 13.0. The number of carbonyl (C=O) groups excluding carboxylic acids is 1. The zero-order valence-electron chi connectivity index (χ0n) is 11.9. The van der Waals surface area contributed by atoms with Crippen LogP contribution < -0.4 is 5.32 Å². The van der Waals surface area contributed by atoms with Crippen molar-refractivity contribution in [1.82, 2.24) is 5.32 Å². The molecule has 0 aromatic heterocycles. The number of hydrogen-bond acceptors (Lipinski definition) is 2. The smallest absolute Gasteiger partial charge is 0.254 e. The van der Waals surface area contributed by atoms with Gasteiger partial charge in [0.15, 0.2) is 0 Å². The van der Waals surface area contributed by atoms with Gasteiger partial charge in [0.05, 0.1) is 11.6 Å². The Balaban J connectivity index is 2.19. The number of carbonyl (C=O) groups is 1. The minimum Gasteiger partial charge on any atom is -0.396 e. The van der Waals surface area contributed by atoms with Gasteiger partial charge in [-0.2, -0.15) is 0 Å². The Kier molecular flexibility index (Phi) is 5.92. The van der Waals surface area contributed by atoms with Crippen LogP contribution in [0.15, 0.2) is 48.5 Å². The molecule has 0 saturated carbocycles. The van der Waals surface area contributed by atoms with Crippen LogP contribution in [-0.2, 0) is 0 Å². The number of halogens is 2. The first-order chi connectivity index (χ1) is 10.6. The summed E-state index contributed by atoms with van der Waals surface area (Å²) in [7, 11) is 0. The number of aliphatic hydroxyl groups is 1. The summed E-state index contributed by atoms with van der Waals surface area (Å²) in [6.45, 7) is 0.0325. The van der Waals surface area contributed by atoms with Crippen molar-refractivity contribution in [3.05, 3.63) is 70.5 Å². The summed E-state index contributed by atoms with van der Waals surface area (Å²) in [4.78, 5) is 12.3. The first-order valence-corrected chi connectivity index (χ1v) is 7.41. The minimum absolute atomic E-state index is 0.0325. The van der Waals surface area contributed by atoms with E-state index in [9.17, 15) is 9.18 Å². The summed E-state index contributed by atoms with van der Waals surface area (Å²) in [5.74, 6) is -1.14. The lowest BCUT2D eigenvalue weighted by atomic mass is 10.0. The summed E-state index contributed by atoms with van der Waals surface area (Å²) in [5.41, 5.74) is 0.823. The van der Waals surface area contributed by atoms with Crippen LogP contribution in [0.4, 0.5) is 4.39 Å². The highest BCUT2D eigenvalue weighted by Gasteiger charge is 2.18. The molecule has 0 radical (unpaired) electrons. The Hall–Kier alpha value is -1.91. The molecule has 1 atom stereocenters. The molecule has 0 aliphatic carbocycles. The van der Waals surface area contributed by atoms with E-state index in [1.165, 1.54) is 18.2 Å². The van der Waals surface area contributed by atoms with Crippen LogP contribution in [-0.4, -0.2) is 17.6 Å². The maximum atomic E-state index is 13.8. The molecule has 1 amide bonds. The number of rotatable bonds is 6. The summed E-state index contributed by atoms with van der Waals surface area (Å²) in [6.07, 6.45) is 1.10. The molecule has 0 saturated heterocycles. The fourth-order valence-corrected chi connectivity index (χ4v) is 2.38. The number of nitrogens with one attached hydrogen (secondary N) is 1. The van der Waals surface area contributed by atoms with Crippen molar-refractivity contribution in [2.45, 2.75) is 18.9 Å². The first-order valence-electron chi connectivity index (χ1n) is 7.03. The van der Waals surface area contributed by atoms with E-state index >= 15 is 0 Å². The molecule has 2 aromatic carbocycles. The van der Waals surface area contributed by atoms with Gasteiger partial charge in [0.2, 0.25) is 0 Å². The Labute approximate surface area is 133 Å². The van der Waals surface area contributed by atoms with Crippen molar-refractivity contribution in [2.75, 3.05) is 6.61 Å². The number of aliphatic hydroxyl groups excluding tert-OH is 1. The zero-order chi connectivity index (χ0) is 15.9. The molecule has 5 heteroatoms. The lowest BCUT2D eigenvalue weighted by Crippen LogP contribution is -2.29. The maximum Gasteiger partial charge on any atom is 0.254 e. The molecule has 0 spiro atoms. The predicted molar refractivity (Wildman–Crippen MR) is 84.4 cm³/mol. The van der Waals surface area contributed by atoms with Crippen LogP contribution in [0.3, 0.4) is 0 Å². The lowest BCUT2D eigenvalue weighted by molar-refractivity contribution is 0.0928. The second-order valence-electron chi connectivity index (χ2n) is 4.93. The molecular weight excluding hydrogens is 305 g/mol. The Bertz CT molecular complexity index is 634. The SMILES string of the molecule is O=C(NC(CCCO)c1ccccc1)c1cc(Cl)ccc1F. The molecule has 116 valence electrons. The molecule has 0 bridgehead atoms. The second kappa shape index (κ2) is 7.92. The van der Waals surface area contributed by atoms with E-state index in [1.807, 2.05) is 30.3 Å². The molecule has 0 heterocycles. The third-order valence-corrected chi connectivity index (χ3v) is 3.57. The van der Waals surface area contributed by atoms with Crippen LogP contribution in [0.2, 0.25) is 5.02 Å². The van der Waals surface area contributed by atoms with Crippen molar-refractivity contribution >= 4 is 17.5 Å². The molecule has 2 rings (SSSR count). The number of hydrogen-bond donors (Lipinski definition) is 2. The van der Waals surface area contributed by atoms with Crippen molar-refractivity contribution in [1.29, 1.82) is 0 Å². The Morgan fingerprint density at radius 2 is 1.95 bits per heavy atom. The molecule has 0 aliphatic heterocycles. The van der Waals surface area contributed by atoms with Crippen molar-refractivity contribution in [2.24, 2.45) is 0 Å². The highest BCUT2D eigenvalue weighted by molar-refractivity contribution is 6.31. The van der Waals surface area contributed by atoms with Crippen LogP contribution in [0.5, 0.6) is 0 Å². The van der Waals surface area contributed by atoms with Gasteiger partial charge in [0.25, 0.3) is 5.91 Å². The summed E-state index contributed by atoms with van der Waals surface area (Å²) < 4.78 is 13.8. The van der Waals surface area contributed by atoms with E-state index in [1.54, 1.807) is 0 Å². The van der Waals surface area contributed by atoms with Gasteiger partial charge in [0, 0.05) is 11.6 Å². The molecule has 1 unspecified atom stereocenters. The predicted octanol–water partition coefficient (Wildman–Crippen LogP) is 3.72. The third kappa shape index (κ3) is 4.29. The molecule has 0 fully saturated rings.